The Hall–Kier alpha value is -3.22. The summed E-state index contributed by atoms with van der Waals surface area (Å²) in [4.78, 5) is 20.3. The molecule has 3 rings (SSSR count). The smallest absolute Gasteiger partial charge is 0.222 e. The number of anilines is 1. The van der Waals surface area contributed by atoms with Crippen LogP contribution in [-0.4, -0.2) is 32.2 Å². The first-order chi connectivity index (χ1) is 13.1. The minimum atomic E-state index is 0.0250. The van der Waals surface area contributed by atoms with Crippen LogP contribution < -0.4 is 10.6 Å². The van der Waals surface area contributed by atoms with Crippen molar-refractivity contribution in [2.45, 2.75) is 33.2 Å². The average molecular weight is 364 g/mol. The molecule has 0 aliphatic rings. The summed E-state index contributed by atoms with van der Waals surface area (Å²) in [6.45, 7) is 5.13. The lowest BCUT2D eigenvalue weighted by molar-refractivity contribution is -0.121. The van der Waals surface area contributed by atoms with Crippen LogP contribution in [0.2, 0.25) is 0 Å². The van der Waals surface area contributed by atoms with Gasteiger partial charge < -0.3 is 10.6 Å². The molecule has 3 aromatic rings. The Bertz CT molecular complexity index is 876. The van der Waals surface area contributed by atoms with Crippen molar-refractivity contribution in [3.8, 4) is 5.69 Å². The molecular weight excluding hydrogens is 340 g/mol. The first-order valence-corrected chi connectivity index (χ1v) is 9.03. The molecule has 0 bridgehead atoms. The minimum Gasteiger partial charge on any atom is -0.354 e. The fourth-order valence-corrected chi connectivity index (χ4v) is 2.87. The quantitative estimate of drug-likeness (QED) is 0.601. The van der Waals surface area contributed by atoms with Crippen molar-refractivity contribution < 1.29 is 4.79 Å². The van der Waals surface area contributed by atoms with Gasteiger partial charge in [-0.15, -0.1) is 0 Å². The summed E-state index contributed by atoms with van der Waals surface area (Å²) >= 11 is 0. The predicted molar refractivity (Wildman–Crippen MR) is 105 cm³/mol. The normalized spacial score (nSPS) is 10.6. The second-order valence-electron chi connectivity index (χ2n) is 6.28. The number of nitrogens with zero attached hydrogens (tertiary/aromatic N) is 4. The van der Waals surface area contributed by atoms with Crippen LogP contribution in [0.5, 0.6) is 0 Å². The van der Waals surface area contributed by atoms with Gasteiger partial charge in [0.05, 0.1) is 11.4 Å². The molecule has 0 saturated carbocycles. The molecule has 2 heterocycles. The molecule has 0 spiro atoms. The average Bonchev–Trinajstić information content (AvgIpc) is 2.99. The summed E-state index contributed by atoms with van der Waals surface area (Å²) in [7, 11) is 0. The SMILES string of the molecule is Cc1nn(-c2ccccc2)c(C)c1CNC(=O)CCCNc1ncccn1. The van der Waals surface area contributed by atoms with E-state index >= 15 is 0 Å². The summed E-state index contributed by atoms with van der Waals surface area (Å²) in [5.41, 5.74) is 4.05. The number of aromatic nitrogens is 4. The van der Waals surface area contributed by atoms with E-state index in [1.54, 1.807) is 18.5 Å². The maximum Gasteiger partial charge on any atom is 0.222 e. The molecule has 0 aliphatic heterocycles. The molecule has 7 heteroatoms. The van der Waals surface area contributed by atoms with Gasteiger partial charge in [0.15, 0.2) is 0 Å². The van der Waals surface area contributed by atoms with Crippen LogP contribution in [0, 0.1) is 13.8 Å². The van der Waals surface area contributed by atoms with E-state index in [-0.39, 0.29) is 5.91 Å². The van der Waals surface area contributed by atoms with E-state index in [1.165, 1.54) is 0 Å². The summed E-state index contributed by atoms with van der Waals surface area (Å²) in [5.74, 6) is 0.606. The van der Waals surface area contributed by atoms with Crippen LogP contribution in [0.1, 0.15) is 29.8 Å². The van der Waals surface area contributed by atoms with Crippen LogP contribution in [0.15, 0.2) is 48.8 Å². The van der Waals surface area contributed by atoms with Gasteiger partial charge in [0, 0.05) is 43.2 Å². The lowest BCUT2D eigenvalue weighted by atomic mass is 10.2. The van der Waals surface area contributed by atoms with E-state index in [1.807, 2.05) is 48.9 Å². The lowest BCUT2D eigenvalue weighted by Crippen LogP contribution is -2.23. The number of aryl methyl sites for hydroxylation is 1. The molecule has 0 fully saturated rings. The standard InChI is InChI=1S/C20H24N6O/c1-15-18(16(2)26(25-15)17-8-4-3-5-9-17)14-24-19(27)10-6-11-21-20-22-12-7-13-23-20/h3-5,7-9,12-13H,6,10-11,14H2,1-2H3,(H,24,27)(H,21,22,23). The van der Waals surface area contributed by atoms with E-state index in [9.17, 15) is 4.79 Å². The number of nitrogens with one attached hydrogen (secondary N) is 2. The molecule has 140 valence electrons. The molecule has 0 saturated heterocycles. The second kappa shape index (κ2) is 8.93. The van der Waals surface area contributed by atoms with E-state index in [4.69, 9.17) is 0 Å². The predicted octanol–water partition coefficient (Wildman–Crippen LogP) is 2.79. The van der Waals surface area contributed by atoms with Gasteiger partial charge in [-0.2, -0.15) is 5.10 Å². The van der Waals surface area contributed by atoms with Gasteiger partial charge >= 0.3 is 0 Å². The van der Waals surface area contributed by atoms with Crippen LogP contribution in [0.25, 0.3) is 5.69 Å². The van der Waals surface area contributed by atoms with Crippen LogP contribution in [0.3, 0.4) is 0 Å². The molecule has 7 nitrogen and oxygen atoms in total. The van der Waals surface area contributed by atoms with Gasteiger partial charge in [0.2, 0.25) is 11.9 Å². The number of carbonyl (C=O) groups is 1. The van der Waals surface area contributed by atoms with Crippen LogP contribution >= 0.6 is 0 Å². The summed E-state index contributed by atoms with van der Waals surface area (Å²) < 4.78 is 1.92. The van der Waals surface area contributed by atoms with Crippen molar-refractivity contribution in [3.63, 3.8) is 0 Å². The van der Waals surface area contributed by atoms with Crippen molar-refractivity contribution in [1.29, 1.82) is 0 Å². The van der Waals surface area contributed by atoms with E-state index in [0.29, 0.717) is 31.9 Å². The van der Waals surface area contributed by atoms with Crippen LogP contribution in [0.4, 0.5) is 5.95 Å². The van der Waals surface area contributed by atoms with Gasteiger partial charge in [-0.1, -0.05) is 18.2 Å². The first kappa shape index (κ1) is 18.6. The Balaban J connectivity index is 1.48. The number of hydrogen-bond acceptors (Lipinski definition) is 5. The van der Waals surface area contributed by atoms with E-state index in [0.717, 1.165) is 22.6 Å². The fourth-order valence-electron chi connectivity index (χ4n) is 2.87. The van der Waals surface area contributed by atoms with Crippen molar-refractivity contribution in [2.24, 2.45) is 0 Å². The number of hydrogen-bond donors (Lipinski definition) is 2. The molecule has 0 aliphatic carbocycles. The summed E-state index contributed by atoms with van der Waals surface area (Å²) in [6, 6.07) is 11.8. The number of para-hydroxylation sites is 1. The zero-order chi connectivity index (χ0) is 19.1. The Morgan fingerprint density at radius 1 is 1.07 bits per heavy atom. The number of amides is 1. The topological polar surface area (TPSA) is 84.7 Å². The molecule has 0 radical (unpaired) electrons. The molecule has 1 aromatic carbocycles. The maximum absolute atomic E-state index is 12.1. The highest BCUT2D eigenvalue weighted by atomic mass is 16.1. The van der Waals surface area contributed by atoms with Gasteiger partial charge in [-0.3, -0.25) is 4.79 Å². The molecule has 0 atom stereocenters. The van der Waals surface area contributed by atoms with E-state index < -0.39 is 0 Å². The Kier molecular flexibility index (Phi) is 6.14. The lowest BCUT2D eigenvalue weighted by Gasteiger charge is -2.08. The van der Waals surface area contributed by atoms with Gasteiger partial charge in [-0.05, 0) is 38.5 Å². The molecule has 0 unspecified atom stereocenters. The Morgan fingerprint density at radius 3 is 2.56 bits per heavy atom. The summed E-state index contributed by atoms with van der Waals surface area (Å²) in [5, 5.41) is 10.7. The third-order valence-electron chi connectivity index (χ3n) is 4.33. The second-order valence-corrected chi connectivity index (χ2v) is 6.28. The van der Waals surface area contributed by atoms with Crippen molar-refractivity contribution in [2.75, 3.05) is 11.9 Å². The van der Waals surface area contributed by atoms with Gasteiger partial charge in [0.1, 0.15) is 0 Å². The monoisotopic (exact) mass is 364 g/mol. The molecule has 27 heavy (non-hydrogen) atoms. The molecular formula is C20H24N6O. The Labute approximate surface area is 158 Å². The van der Waals surface area contributed by atoms with Gasteiger partial charge in [0.25, 0.3) is 0 Å². The zero-order valence-electron chi connectivity index (χ0n) is 15.6. The third-order valence-corrected chi connectivity index (χ3v) is 4.33. The maximum atomic E-state index is 12.1. The fraction of sp³-hybridized carbons (Fsp3) is 0.300. The van der Waals surface area contributed by atoms with E-state index in [2.05, 4.69) is 25.7 Å². The minimum absolute atomic E-state index is 0.0250. The van der Waals surface area contributed by atoms with Crippen molar-refractivity contribution in [1.82, 2.24) is 25.1 Å². The van der Waals surface area contributed by atoms with Gasteiger partial charge in [-0.25, -0.2) is 14.6 Å². The highest BCUT2D eigenvalue weighted by Crippen LogP contribution is 2.17. The first-order valence-electron chi connectivity index (χ1n) is 9.03. The number of carbonyl (C=O) groups excluding carboxylic acids is 1. The molecule has 2 aromatic heterocycles. The largest absolute Gasteiger partial charge is 0.354 e. The van der Waals surface area contributed by atoms with Crippen LogP contribution in [-0.2, 0) is 11.3 Å². The highest BCUT2D eigenvalue weighted by molar-refractivity contribution is 5.75. The highest BCUT2D eigenvalue weighted by Gasteiger charge is 2.13. The molecule has 2 N–H and O–H groups in total. The summed E-state index contributed by atoms with van der Waals surface area (Å²) in [6.07, 6.45) is 4.53. The molecule has 1 amide bonds. The number of benzene rings is 1. The third kappa shape index (κ3) is 4.91. The van der Waals surface area contributed by atoms with Crippen molar-refractivity contribution in [3.05, 3.63) is 65.7 Å². The zero-order valence-corrected chi connectivity index (χ0v) is 15.6. The van der Waals surface area contributed by atoms with Crippen molar-refractivity contribution >= 4 is 11.9 Å². The Morgan fingerprint density at radius 2 is 1.81 bits per heavy atom. The number of rotatable bonds is 8.